The summed E-state index contributed by atoms with van der Waals surface area (Å²) in [6.07, 6.45) is 3.17. The molecule has 0 N–H and O–H groups in total. The molecule has 0 amide bonds. The van der Waals surface area contributed by atoms with E-state index in [-0.39, 0.29) is 0 Å². The Kier molecular flexibility index (Phi) is 6.25. The molecule has 0 bridgehead atoms. The van der Waals surface area contributed by atoms with Crippen LogP contribution in [-0.2, 0) is 6.61 Å². The molecule has 0 aromatic heterocycles. The van der Waals surface area contributed by atoms with Crippen molar-refractivity contribution >= 4 is 22.0 Å². The quantitative estimate of drug-likeness (QED) is 0.649. The standard InChI is InChI=1S/C19H18BrNO2/c1-3-22-18-11-16(5-4-10-21)17(20)12-19(18)23-13-15-8-6-14(2)7-9-15/h4-9,11-12H,3,13H2,1-2H3/b5-4+. The van der Waals surface area contributed by atoms with Gasteiger partial charge in [0.15, 0.2) is 11.5 Å². The van der Waals surface area contributed by atoms with Gasteiger partial charge in [-0.05, 0) is 43.2 Å². The van der Waals surface area contributed by atoms with Gasteiger partial charge in [0, 0.05) is 10.5 Å². The molecule has 0 heterocycles. The zero-order chi connectivity index (χ0) is 16.7. The summed E-state index contributed by atoms with van der Waals surface area (Å²) in [4.78, 5) is 0. The van der Waals surface area contributed by atoms with Gasteiger partial charge in [-0.2, -0.15) is 5.26 Å². The predicted molar refractivity (Wildman–Crippen MR) is 95.5 cm³/mol. The lowest BCUT2D eigenvalue weighted by Gasteiger charge is -2.14. The van der Waals surface area contributed by atoms with Gasteiger partial charge < -0.3 is 9.47 Å². The number of hydrogen-bond acceptors (Lipinski definition) is 3. The third-order valence-electron chi connectivity index (χ3n) is 3.22. The van der Waals surface area contributed by atoms with Gasteiger partial charge in [0.2, 0.25) is 0 Å². The van der Waals surface area contributed by atoms with Gasteiger partial charge in [-0.1, -0.05) is 45.8 Å². The zero-order valence-corrected chi connectivity index (χ0v) is 14.8. The second-order valence-corrected chi connectivity index (χ2v) is 5.84. The molecule has 0 saturated carbocycles. The first-order chi connectivity index (χ1) is 11.1. The number of allylic oxidation sites excluding steroid dienone is 1. The minimum absolute atomic E-state index is 0.472. The van der Waals surface area contributed by atoms with Crippen LogP contribution in [0.2, 0.25) is 0 Å². The van der Waals surface area contributed by atoms with E-state index in [0.717, 1.165) is 15.6 Å². The van der Waals surface area contributed by atoms with E-state index in [1.165, 1.54) is 11.6 Å². The maximum Gasteiger partial charge on any atom is 0.162 e. The summed E-state index contributed by atoms with van der Waals surface area (Å²) in [6, 6.07) is 14.0. The molecule has 2 aromatic rings. The van der Waals surface area contributed by atoms with Crippen molar-refractivity contribution in [3.8, 4) is 17.6 Å². The van der Waals surface area contributed by atoms with Crippen LogP contribution in [0.3, 0.4) is 0 Å². The third-order valence-corrected chi connectivity index (χ3v) is 3.90. The Hall–Kier alpha value is -2.25. The van der Waals surface area contributed by atoms with Crippen LogP contribution in [0.5, 0.6) is 11.5 Å². The maximum absolute atomic E-state index is 8.67. The molecule has 118 valence electrons. The van der Waals surface area contributed by atoms with Gasteiger partial charge in [-0.15, -0.1) is 0 Å². The molecule has 0 atom stereocenters. The highest BCUT2D eigenvalue weighted by atomic mass is 79.9. The van der Waals surface area contributed by atoms with Gasteiger partial charge in [-0.3, -0.25) is 0 Å². The molecule has 2 rings (SSSR count). The molecule has 0 spiro atoms. The Bertz CT molecular complexity index is 730. The number of nitriles is 1. The van der Waals surface area contributed by atoms with E-state index in [0.29, 0.717) is 24.7 Å². The molecule has 0 fully saturated rings. The highest BCUT2D eigenvalue weighted by Gasteiger charge is 2.10. The Morgan fingerprint density at radius 3 is 2.48 bits per heavy atom. The Morgan fingerprint density at radius 2 is 1.83 bits per heavy atom. The van der Waals surface area contributed by atoms with E-state index < -0.39 is 0 Å². The summed E-state index contributed by atoms with van der Waals surface area (Å²) < 4.78 is 12.4. The molecule has 0 unspecified atom stereocenters. The second-order valence-electron chi connectivity index (χ2n) is 4.99. The molecule has 23 heavy (non-hydrogen) atoms. The second kappa shape index (κ2) is 8.40. The zero-order valence-electron chi connectivity index (χ0n) is 13.2. The van der Waals surface area contributed by atoms with E-state index in [1.807, 2.05) is 25.1 Å². The van der Waals surface area contributed by atoms with Crippen LogP contribution >= 0.6 is 15.9 Å². The summed E-state index contributed by atoms with van der Waals surface area (Å²) in [6.45, 7) is 5.00. The molecule has 2 aromatic carbocycles. The molecule has 0 aliphatic heterocycles. The lowest BCUT2D eigenvalue weighted by atomic mass is 10.1. The number of aryl methyl sites for hydroxylation is 1. The minimum atomic E-state index is 0.472. The molecule has 0 radical (unpaired) electrons. The number of ether oxygens (including phenoxy) is 2. The lowest BCUT2D eigenvalue weighted by molar-refractivity contribution is 0.269. The maximum atomic E-state index is 8.67. The monoisotopic (exact) mass is 371 g/mol. The van der Waals surface area contributed by atoms with Crippen molar-refractivity contribution < 1.29 is 9.47 Å². The summed E-state index contributed by atoms with van der Waals surface area (Å²) in [5, 5.41) is 8.67. The Labute approximate surface area is 145 Å². The van der Waals surface area contributed by atoms with E-state index in [1.54, 1.807) is 6.08 Å². The largest absolute Gasteiger partial charge is 0.490 e. The van der Waals surface area contributed by atoms with Crippen molar-refractivity contribution in [1.29, 1.82) is 5.26 Å². The van der Waals surface area contributed by atoms with Crippen molar-refractivity contribution in [2.45, 2.75) is 20.5 Å². The number of halogens is 1. The number of rotatable bonds is 6. The third kappa shape index (κ3) is 4.87. The van der Waals surface area contributed by atoms with Crippen LogP contribution in [0.25, 0.3) is 6.08 Å². The van der Waals surface area contributed by atoms with Crippen LogP contribution in [0.1, 0.15) is 23.6 Å². The molecular weight excluding hydrogens is 354 g/mol. The van der Waals surface area contributed by atoms with Crippen LogP contribution in [0.4, 0.5) is 0 Å². The molecule has 4 heteroatoms. The van der Waals surface area contributed by atoms with Crippen LogP contribution in [-0.4, -0.2) is 6.61 Å². The number of nitrogens with zero attached hydrogens (tertiary/aromatic N) is 1. The summed E-state index contributed by atoms with van der Waals surface area (Å²) in [5.41, 5.74) is 3.19. The fourth-order valence-corrected chi connectivity index (χ4v) is 2.49. The average Bonchev–Trinajstić information content (AvgIpc) is 2.55. The first-order valence-electron chi connectivity index (χ1n) is 7.35. The average molecular weight is 372 g/mol. The van der Waals surface area contributed by atoms with Gasteiger partial charge >= 0.3 is 0 Å². The van der Waals surface area contributed by atoms with E-state index >= 15 is 0 Å². The van der Waals surface area contributed by atoms with Crippen LogP contribution in [0, 0.1) is 18.3 Å². The SMILES string of the molecule is CCOc1cc(/C=C/C#N)c(Br)cc1OCc1ccc(C)cc1. The van der Waals surface area contributed by atoms with E-state index in [4.69, 9.17) is 14.7 Å². The van der Waals surface area contributed by atoms with Crippen molar-refractivity contribution in [3.05, 3.63) is 63.6 Å². The van der Waals surface area contributed by atoms with Gasteiger partial charge in [-0.25, -0.2) is 0 Å². The molecular formula is C19H18BrNO2. The normalized spacial score (nSPS) is 10.5. The van der Waals surface area contributed by atoms with Gasteiger partial charge in [0.25, 0.3) is 0 Å². The first kappa shape index (κ1) is 17.1. The van der Waals surface area contributed by atoms with Crippen molar-refractivity contribution in [3.63, 3.8) is 0 Å². The van der Waals surface area contributed by atoms with Crippen molar-refractivity contribution in [1.82, 2.24) is 0 Å². The fourth-order valence-electron chi connectivity index (χ4n) is 2.03. The first-order valence-corrected chi connectivity index (χ1v) is 8.14. The minimum Gasteiger partial charge on any atom is -0.490 e. The summed E-state index contributed by atoms with van der Waals surface area (Å²) in [5.74, 6) is 1.34. The van der Waals surface area contributed by atoms with E-state index in [9.17, 15) is 0 Å². The summed E-state index contributed by atoms with van der Waals surface area (Å²) >= 11 is 3.50. The molecule has 0 saturated heterocycles. The smallest absolute Gasteiger partial charge is 0.162 e. The Morgan fingerprint density at radius 1 is 1.13 bits per heavy atom. The topological polar surface area (TPSA) is 42.2 Å². The molecule has 3 nitrogen and oxygen atoms in total. The van der Waals surface area contributed by atoms with Crippen molar-refractivity contribution in [2.24, 2.45) is 0 Å². The van der Waals surface area contributed by atoms with Crippen LogP contribution < -0.4 is 9.47 Å². The highest BCUT2D eigenvalue weighted by Crippen LogP contribution is 2.35. The highest BCUT2D eigenvalue weighted by molar-refractivity contribution is 9.10. The van der Waals surface area contributed by atoms with Crippen LogP contribution in [0.15, 0.2) is 46.9 Å². The van der Waals surface area contributed by atoms with E-state index in [2.05, 4.69) is 47.1 Å². The number of hydrogen-bond donors (Lipinski definition) is 0. The van der Waals surface area contributed by atoms with Gasteiger partial charge in [0.05, 0.1) is 12.7 Å². The molecule has 0 aliphatic carbocycles. The number of benzene rings is 2. The van der Waals surface area contributed by atoms with Gasteiger partial charge in [0.1, 0.15) is 6.61 Å². The van der Waals surface area contributed by atoms with Crippen molar-refractivity contribution in [2.75, 3.05) is 6.61 Å². The lowest BCUT2D eigenvalue weighted by Crippen LogP contribution is -2.00. The predicted octanol–water partition coefficient (Wildman–Crippen LogP) is 5.27. The summed E-state index contributed by atoms with van der Waals surface area (Å²) in [7, 11) is 0. The fraction of sp³-hybridized carbons (Fsp3) is 0.211. The molecule has 0 aliphatic rings. The Balaban J connectivity index is 2.22.